The Balaban J connectivity index is 2.23. The second-order valence-corrected chi connectivity index (χ2v) is 5.56. The van der Waals surface area contributed by atoms with E-state index in [1.54, 1.807) is 0 Å². The quantitative estimate of drug-likeness (QED) is 0.554. The van der Waals surface area contributed by atoms with Crippen molar-refractivity contribution in [1.29, 1.82) is 0 Å². The summed E-state index contributed by atoms with van der Waals surface area (Å²) in [5.74, 6) is 2.00. The molecule has 0 saturated heterocycles. The molecular weight excluding hydrogens is 241 g/mol. The summed E-state index contributed by atoms with van der Waals surface area (Å²) < 4.78 is 0.440. The van der Waals surface area contributed by atoms with E-state index in [1.165, 1.54) is 12.8 Å². The zero-order chi connectivity index (χ0) is 10.4. The standard InChI is InChI=1S/C11H19NOSe/c1-12(9-8-11(13)14-2)10-6-4-3-5-7-10/h3-4,10H,5-9H2,1-2H3. The number of hydrogen-bond acceptors (Lipinski definition) is 2. The molecule has 3 heteroatoms. The summed E-state index contributed by atoms with van der Waals surface area (Å²) in [6, 6.07) is 0.664. The van der Waals surface area contributed by atoms with Crippen molar-refractivity contribution in [2.45, 2.75) is 37.5 Å². The number of nitrogens with zero attached hydrogens (tertiary/aromatic N) is 1. The predicted molar refractivity (Wildman–Crippen MR) is 60.7 cm³/mol. The van der Waals surface area contributed by atoms with Crippen LogP contribution in [0, 0.1) is 0 Å². The van der Waals surface area contributed by atoms with Crippen LogP contribution in [0.15, 0.2) is 12.2 Å². The van der Waals surface area contributed by atoms with Crippen LogP contribution in [-0.4, -0.2) is 44.2 Å². The van der Waals surface area contributed by atoms with E-state index in [1.807, 2.05) is 5.82 Å². The van der Waals surface area contributed by atoms with Gasteiger partial charge >= 0.3 is 92.6 Å². The molecule has 0 heterocycles. The molecule has 80 valence electrons. The molecule has 1 unspecified atom stereocenters. The molecule has 1 atom stereocenters. The third-order valence-corrected chi connectivity index (χ3v) is 4.14. The topological polar surface area (TPSA) is 20.3 Å². The first-order valence-corrected chi connectivity index (χ1v) is 7.73. The second kappa shape index (κ2) is 6.39. The first kappa shape index (κ1) is 12.0. The zero-order valence-electron chi connectivity index (χ0n) is 9.03. The zero-order valence-corrected chi connectivity index (χ0v) is 10.7. The van der Waals surface area contributed by atoms with Crippen LogP contribution >= 0.6 is 0 Å². The Morgan fingerprint density at radius 1 is 1.57 bits per heavy atom. The Labute approximate surface area is 92.9 Å². The van der Waals surface area contributed by atoms with Crippen LogP contribution in [0.25, 0.3) is 0 Å². The van der Waals surface area contributed by atoms with E-state index in [0.717, 1.165) is 19.4 Å². The van der Waals surface area contributed by atoms with Crippen molar-refractivity contribution in [2.75, 3.05) is 13.6 Å². The molecule has 0 fully saturated rings. The van der Waals surface area contributed by atoms with Gasteiger partial charge in [-0.15, -0.1) is 0 Å². The molecule has 0 N–H and O–H groups in total. The van der Waals surface area contributed by atoms with Crippen molar-refractivity contribution in [3.05, 3.63) is 12.2 Å². The van der Waals surface area contributed by atoms with Gasteiger partial charge in [-0.2, -0.15) is 0 Å². The van der Waals surface area contributed by atoms with E-state index in [9.17, 15) is 4.79 Å². The number of carbonyl (C=O) groups excluding carboxylic acids is 1. The van der Waals surface area contributed by atoms with Crippen molar-refractivity contribution in [3.8, 4) is 0 Å². The van der Waals surface area contributed by atoms with Crippen LogP contribution in [0.1, 0.15) is 25.7 Å². The Bertz CT molecular complexity index is 215. The van der Waals surface area contributed by atoms with Crippen molar-refractivity contribution in [3.63, 3.8) is 0 Å². The molecule has 0 aliphatic heterocycles. The van der Waals surface area contributed by atoms with Gasteiger partial charge < -0.3 is 0 Å². The van der Waals surface area contributed by atoms with Gasteiger partial charge in [-0.25, -0.2) is 0 Å². The van der Waals surface area contributed by atoms with E-state index in [4.69, 9.17) is 0 Å². The summed E-state index contributed by atoms with van der Waals surface area (Å²) >= 11 is 0.188. The fourth-order valence-electron chi connectivity index (χ4n) is 1.73. The third-order valence-electron chi connectivity index (χ3n) is 2.76. The van der Waals surface area contributed by atoms with Gasteiger partial charge in [0.05, 0.1) is 0 Å². The van der Waals surface area contributed by atoms with Gasteiger partial charge in [0, 0.05) is 0 Å². The molecule has 0 saturated carbocycles. The Hall–Kier alpha value is -0.111. The fourth-order valence-corrected chi connectivity index (χ4v) is 2.35. The van der Waals surface area contributed by atoms with E-state index >= 15 is 0 Å². The Morgan fingerprint density at radius 2 is 2.36 bits per heavy atom. The third kappa shape index (κ3) is 3.95. The number of carbonyl (C=O) groups is 1. The maximum atomic E-state index is 11.2. The van der Waals surface area contributed by atoms with Crippen molar-refractivity contribution >= 4 is 19.6 Å². The average molecular weight is 260 g/mol. The minimum absolute atomic E-state index is 0.188. The van der Waals surface area contributed by atoms with Gasteiger partial charge in [-0.05, 0) is 0 Å². The van der Waals surface area contributed by atoms with Gasteiger partial charge in [0.15, 0.2) is 0 Å². The van der Waals surface area contributed by atoms with Gasteiger partial charge in [0.1, 0.15) is 0 Å². The minimum atomic E-state index is 0.188. The number of hydrogen-bond donors (Lipinski definition) is 0. The molecule has 0 aromatic carbocycles. The molecule has 14 heavy (non-hydrogen) atoms. The van der Waals surface area contributed by atoms with E-state index < -0.39 is 0 Å². The first-order valence-electron chi connectivity index (χ1n) is 5.16. The number of rotatable bonds is 5. The molecule has 2 nitrogen and oxygen atoms in total. The molecule has 1 aliphatic carbocycles. The van der Waals surface area contributed by atoms with Gasteiger partial charge in [0.25, 0.3) is 0 Å². The summed E-state index contributed by atoms with van der Waals surface area (Å²) in [7, 11) is 2.14. The van der Waals surface area contributed by atoms with Crippen molar-refractivity contribution in [2.24, 2.45) is 0 Å². The summed E-state index contributed by atoms with van der Waals surface area (Å²) in [4.78, 5) is 13.5. The molecule has 0 spiro atoms. The summed E-state index contributed by atoms with van der Waals surface area (Å²) in [6.45, 7) is 0.937. The summed E-state index contributed by atoms with van der Waals surface area (Å²) in [5.41, 5.74) is 0. The summed E-state index contributed by atoms with van der Waals surface area (Å²) in [6.07, 6.45) is 8.86. The normalized spacial score (nSPS) is 21.5. The van der Waals surface area contributed by atoms with E-state index in [-0.39, 0.29) is 15.0 Å². The monoisotopic (exact) mass is 261 g/mol. The Kier molecular flexibility index (Phi) is 5.46. The van der Waals surface area contributed by atoms with E-state index in [2.05, 4.69) is 24.1 Å². The van der Waals surface area contributed by atoms with Crippen LogP contribution in [0.5, 0.6) is 0 Å². The van der Waals surface area contributed by atoms with Gasteiger partial charge in [0.2, 0.25) is 0 Å². The van der Waals surface area contributed by atoms with Crippen LogP contribution in [0.4, 0.5) is 0 Å². The maximum absolute atomic E-state index is 11.2. The molecule has 1 rings (SSSR count). The van der Waals surface area contributed by atoms with Crippen molar-refractivity contribution in [1.82, 2.24) is 4.90 Å². The molecule has 1 aliphatic rings. The molecule has 0 radical (unpaired) electrons. The molecule has 0 bridgehead atoms. The van der Waals surface area contributed by atoms with E-state index in [0.29, 0.717) is 10.7 Å². The van der Waals surface area contributed by atoms with Crippen LogP contribution in [-0.2, 0) is 4.79 Å². The van der Waals surface area contributed by atoms with Crippen LogP contribution in [0.3, 0.4) is 0 Å². The first-order chi connectivity index (χ1) is 6.74. The fraction of sp³-hybridized carbons (Fsp3) is 0.727. The Morgan fingerprint density at radius 3 is 2.93 bits per heavy atom. The number of allylic oxidation sites excluding steroid dienone is 1. The van der Waals surface area contributed by atoms with Gasteiger partial charge in [-0.1, -0.05) is 0 Å². The summed E-state index contributed by atoms with van der Waals surface area (Å²) in [5, 5.41) is 0. The van der Waals surface area contributed by atoms with Crippen LogP contribution in [0.2, 0.25) is 5.82 Å². The SMILES string of the molecule is C[Se]C(=O)CCN(C)C1CC=CCC1. The molecule has 0 aromatic rings. The van der Waals surface area contributed by atoms with Gasteiger partial charge in [-0.3, -0.25) is 0 Å². The molecular formula is C11H19NOSe. The van der Waals surface area contributed by atoms with Crippen molar-refractivity contribution < 1.29 is 4.79 Å². The predicted octanol–water partition coefficient (Wildman–Crippen LogP) is 1.70. The average Bonchev–Trinajstić information content (AvgIpc) is 2.26. The molecule has 0 aromatic heterocycles. The van der Waals surface area contributed by atoms with Crippen LogP contribution < -0.4 is 0 Å². The second-order valence-electron chi connectivity index (χ2n) is 3.75. The molecule has 0 amide bonds.